The fraction of sp³-hybridized carbons (Fsp3) is 0.783. The van der Waals surface area contributed by atoms with E-state index >= 15 is 0 Å². The Balaban J connectivity index is 3.33. The summed E-state index contributed by atoms with van der Waals surface area (Å²) in [6.07, 6.45) is 4.99. The van der Waals surface area contributed by atoms with E-state index in [0.29, 0.717) is 6.42 Å². The topological polar surface area (TPSA) is 54.0 Å². The van der Waals surface area contributed by atoms with Crippen LogP contribution in [-0.2, 0) is 23.4 Å². The summed E-state index contributed by atoms with van der Waals surface area (Å²) in [7, 11) is -2.18. The van der Waals surface area contributed by atoms with Gasteiger partial charge in [-0.1, -0.05) is 53.2 Å². The van der Waals surface area contributed by atoms with E-state index in [1.165, 1.54) is 6.08 Å². The highest BCUT2D eigenvalue weighted by Crippen LogP contribution is 2.41. The molecule has 1 aliphatic rings. The molecule has 1 saturated heterocycles. The molecule has 1 rings (SSSR count). The van der Waals surface area contributed by atoms with Gasteiger partial charge in [-0.3, -0.25) is 0 Å². The average molecular weight is 427 g/mol. The van der Waals surface area contributed by atoms with Crippen molar-refractivity contribution in [1.82, 2.24) is 0 Å². The van der Waals surface area contributed by atoms with Crippen LogP contribution in [0.15, 0.2) is 25.3 Å². The Labute approximate surface area is 179 Å². The van der Waals surface area contributed by atoms with Crippen molar-refractivity contribution in [3.8, 4) is 0 Å². The molecule has 5 nitrogen and oxygen atoms in total. The number of ether oxygens (including phenoxy) is 3. The predicted octanol–water partition coefficient (Wildman–Crippen LogP) is 5.76. The molecule has 1 heterocycles. The van der Waals surface area contributed by atoms with Gasteiger partial charge >= 0.3 is 5.97 Å². The first kappa shape index (κ1) is 26.1. The summed E-state index contributed by atoms with van der Waals surface area (Å²) in [5, 5.41) is 0.000317. The molecule has 1 unspecified atom stereocenters. The lowest BCUT2D eigenvalue weighted by Crippen LogP contribution is -2.54. The summed E-state index contributed by atoms with van der Waals surface area (Å²) in [6.45, 7) is 24.4. The first-order valence-corrected chi connectivity index (χ1v) is 13.7. The van der Waals surface area contributed by atoms with E-state index in [2.05, 4.69) is 53.9 Å². The van der Waals surface area contributed by atoms with Crippen LogP contribution in [0, 0.1) is 0 Å². The molecule has 0 aromatic carbocycles. The molecule has 0 spiro atoms. The van der Waals surface area contributed by atoms with Crippen LogP contribution < -0.4 is 0 Å². The third kappa shape index (κ3) is 7.35. The number of unbranched alkanes of at least 4 members (excludes halogenated alkanes) is 1. The molecule has 1 aliphatic heterocycles. The zero-order valence-electron chi connectivity index (χ0n) is 19.7. The molecule has 0 radical (unpaired) electrons. The number of carbonyl (C=O) groups is 1. The SMILES string of the molecule is C=CCC(OC(=O)C=C)[C@@H](O[Si](C)(C)C(C)(C)C)[C@@H]1OC(C)(C)O[C@H]1CCCC. The number of esters is 1. The van der Waals surface area contributed by atoms with Gasteiger partial charge in [-0.2, -0.15) is 0 Å². The fourth-order valence-corrected chi connectivity index (χ4v) is 4.57. The minimum atomic E-state index is -2.18. The van der Waals surface area contributed by atoms with Crippen molar-refractivity contribution in [2.75, 3.05) is 0 Å². The Bertz CT molecular complexity index is 564. The quantitative estimate of drug-likeness (QED) is 0.182. The van der Waals surface area contributed by atoms with E-state index in [1.807, 2.05) is 13.8 Å². The molecular formula is C23H42O5Si. The van der Waals surface area contributed by atoms with E-state index in [9.17, 15) is 4.79 Å². The number of hydrogen-bond donors (Lipinski definition) is 0. The van der Waals surface area contributed by atoms with Gasteiger partial charge in [0.15, 0.2) is 14.1 Å². The highest BCUT2D eigenvalue weighted by Gasteiger charge is 2.51. The molecule has 0 saturated carbocycles. The highest BCUT2D eigenvalue weighted by atomic mass is 28.4. The van der Waals surface area contributed by atoms with Gasteiger partial charge in [-0.25, -0.2) is 4.79 Å². The lowest BCUT2D eigenvalue weighted by Gasteiger charge is -2.43. The van der Waals surface area contributed by atoms with Crippen molar-refractivity contribution in [2.45, 2.75) is 116 Å². The minimum Gasteiger partial charge on any atom is -0.456 e. The summed E-state index contributed by atoms with van der Waals surface area (Å²) < 4.78 is 25.1. The summed E-state index contributed by atoms with van der Waals surface area (Å²) in [4.78, 5) is 12.1. The first-order chi connectivity index (χ1) is 13.3. The predicted molar refractivity (Wildman–Crippen MR) is 120 cm³/mol. The van der Waals surface area contributed by atoms with E-state index in [4.69, 9.17) is 18.6 Å². The average Bonchev–Trinajstić information content (AvgIpc) is 2.90. The van der Waals surface area contributed by atoms with Crippen LogP contribution in [-0.4, -0.2) is 44.5 Å². The van der Waals surface area contributed by atoms with E-state index in [-0.39, 0.29) is 17.2 Å². The van der Waals surface area contributed by atoms with Gasteiger partial charge in [0.2, 0.25) is 0 Å². The number of carbonyl (C=O) groups excluding carboxylic acids is 1. The van der Waals surface area contributed by atoms with Crippen molar-refractivity contribution < 1.29 is 23.4 Å². The zero-order valence-corrected chi connectivity index (χ0v) is 20.7. The van der Waals surface area contributed by atoms with Gasteiger partial charge in [-0.15, -0.1) is 6.58 Å². The zero-order chi connectivity index (χ0) is 22.5. The molecule has 0 aromatic rings. The van der Waals surface area contributed by atoms with Gasteiger partial charge in [0, 0.05) is 12.5 Å². The van der Waals surface area contributed by atoms with Crippen LogP contribution in [0.2, 0.25) is 18.1 Å². The number of hydrogen-bond acceptors (Lipinski definition) is 5. The highest BCUT2D eigenvalue weighted by molar-refractivity contribution is 6.74. The lowest BCUT2D eigenvalue weighted by molar-refractivity contribution is -0.169. The van der Waals surface area contributed by atoms with Crippen LogP contribution in [0.3, 0.4) is 0 Å². The van der Waals surface area contributed by atoms with Crippen LogP contribution in [0.5, 0.6) is 0 Å². The van der Waals surface area contributed by atoms with Gasteiger partial charge in [-0.05, 0) is 38.4 Å². The largest absolute Gasteiger partial charge is 0.456 e. The Kier molecular flexibility index (Phi) is 9.33. The van der Waals surface area contributed by atoms with Crippen molar-refractivity contribution >= 4 is 14.3 Å². The second-order valence-electron chi connectivity index (χ2n) is 9.83. The van der Waals surface area contributed by atoms with Gasteiger partial charge in [0.1, 0.15) is 18.3 Å². The van der Waals surface area contributed by atoms with Crippen LogP contribution >= 0.6 is 0 Å². The van der Waals surface area contributed by atoms with Gasteiger partial charge < -0.3 is 18.6 Å². The third-order valence-electron chi connectivity index (χ3n) is 5.82. The lowest BCUT2D eigenvalue weighted by atomic mass is 9.97. The molecular weight excluding hydrogens is 384 g/mol. The first-order valence-electron chi connectivity index (χ1n) is 10.8. The molecule has 4 atom stereocenters. The maximum Gasteiger partial charge on any atom is 0.330 e. The molecule has 6 heteroatoms. The molecule has 0 amide bonds. The van der Waals surface area contributed by atoms with E-state index < -0.39 is 32.3 Å². The smallest absolute Gasteiger partial charge is 0.330 e. The summed E-state index contributed by atoms with van der Waals surface area (Å²) in [5.41, 5.74) is 0. The molecule has 0 aliphatic carbocycles. The maximum atomic E-state index is 12.1. The van der Waals surface area contributed by atoms with Crippen LogP contribution in [0.25, 0.3) is 0 Å². The summed E-state index contributed by atoms with van der Waals surface area (Å²) in [6, 6.07) is 0. The third-order valence-corrected chi connectivity index (χ3v) is 10.3. The number of rotatable bonds is 11. The summed E-state index contributed by atoms with van der Waals surface area (Å²) >= 11 is 0. The molecule has 29 heavy (non-hydrogen) atoms. The molecule has 0 N–H and O–H groups in total. The van der Waals surface area contributed by atoms with Crippen molar-refractivity contribution in [3.05, 3.63) is 25.3 Å². The molecule has 0 aromatic heterocycles. The molecule has 168 valence electrons. The van der Waals surface area contributed by atoms with Crippen molar-refractivity contribution in [2.24, 2.45) is 0 Å². The van der Waals surface area contributed by atoms with Gasteiger partial charge in [0.05, 0.1) is 6.10 Å². The van der Waals surface area contributed by atoms with E-state index in [1.54, 1.807) is 6.08 Å². The molecule has 1 fully saturated rings. The van der Waals surface area contributed by atoms with Crippen molar-refractivity contribution in [1.29, 1.82) is 0 Å². The standard InChI is InChI=1S/C23H42O5Si/c1-11-14-16-18-20(27-23(7,8)26-18)21(28-29(9,10)22(4,5)6)17(15-12-2)25-19(24)13-3/h12-13,17-18,20-21H,2-3,11,14-16H2,1,4-10H3/t17?,18-,20+,21+/m0/s1. The Morgan fingerprint density at radius 3 is 2.34 bits per heavy atom. The second-order valence-corrected chi connectivity index (χ2v) is 14.6. The maximum absolute atomic E-state index is 12.1. The Morgan fingerprint density at radius 1 is 1.24 bits per heavy atom. The normalized spacial score (nSPS) is 24.0. The second kappa shape index (κ2) is 10.4. The van der Waals surface area contributed by atoms with Crippen LogP contribution in [0.1, 0.15) is 67.2 Å². The Morgan fingerprint density at radius 2 is 1.86 bits per heavy atom. The van der Waals surface area contributed by atoms with Crippen molar-refractivity contribution in [3.63, 3.8) is 0 Å². The molecule has 0 bridgehead atoms. The fourth-order valence-electron chi connectivity index (χ4n) is 3.25. The Hall–Kier alpha value is -0.953. The van der Waals surface area contributed by atoms with E-state index in [0.717, 1.165) is 19.3 Å². The van der Waals surface area contributed by atoms with Gasteiger partial charge in [0.25, 0.3) is 0 Å². The summed E-state index contributed by atoms with van der Waals surface area (Å²) in [5.74, 6) is -1.18. The monoisotopic (exact) mass is 426 g/mol. The van der Waals surface area contributed by atoms with Crippen LogP contribution in [0.4, 0.5) is 0 Å². The minimum absolute atomic E-state index is 0.000317.